The van der Waals surface area contributed by atoms with Crippen molar-refractivity contribution in [3.63, 3.8) is 0 Å². The predicted molar refractivity (Wildman–Crippen MR) is 104 cm³/mol. The number of morpholine rings is 1. The van der Waals surface area contributed by atoms with Gasteiger partial charge in [0.1, 0.15) is 6.07 Å². The van der Waals surface area contributed by atoms with Gasteiger partial charge in [-0.3, -0.25) is 4.79 Å². The molecule has 1 amide bonds. The van der Waals surface area contributed by atoms with Crippen LogP contribution < -0.4 is 5.32 Å². The second-order valence-corrected chi connectivity index (χ2v) is 8.65. The number of nitriles is 1. The van der Waals surface area contributed by atoms with Crippen LogP contribution in [0, 0.1) is 11.3 Å². The average Bonchev–Trinajstić information content (AvgIpc) is 2.67. The van der Waals surface area contributed by atoms with E-state index in [-0.39, 0.29) is 17.1 Å². The number of carbonyl (C=O) groups excluding carboxylic acids is 1. The first-order valence-electron chi connectivity index (χ1n) is 8.87. The van der Waals surface area contributed by atoms with Gasteiger partial charge >= 0.3 is 0 Å². The second-order valence-electron chi connectivity index (χ2n) is 6.72. The zero-order valence-electron chi connectivity index (χ0n) is 15.6. The van der Waals surface area contributed by atoms with E-state index in [2.05, 4.69) is 5.32 Å². The largest absolute Gasteiger partial charge is 0.373 e. The van der Waals surface area contributed by atoms with E-state index in [4.69, 9.17) is 10.00 Å². The van der Waals surface area contributed by atoms with Crippen molar-refractivity contribution in [3.8, 4) is 6.07 Å². The smallest absolute Gasteiger partial charge is 0.255 e. The Morgan fingerprint density at radius 1 is 1.11 bits per heavy atom. The van der Waals surface area contributed by atoms with Crippen LogP contribution in [0.1, 0.15) is 29.8 Å². The Balaban J connectivity index is 1.77. The molecule has 0 aromatic heterocycles. The SMILES string of the molecule is C[C@H]1CN(S(=O)(=O)c2ccc(C(=O)Nc3ccccc3C#N)cc2)C[C@H](C)O1. The van der Waals surface area contributed by atoms with Crippen LogP contribution in [0.3, 0.4) is 0 Å². The van der Waals surface area contributed by atoms with Crippen molar-refractivity contribution < 1.29 is 17.9 Å². The lowest BCUT2D eigenvalue weighted by Gasteiger charge is -2.34. The van der Waals surface area contributed by atoms with Crippen LogP contribution in [0.5, 0.6) is 0 Å². The van der Waals surface area contributed by atoms with Gasteiger partial charge in [0.2, 0.25) is 10.0 Å². The third-order valence-electron chi connectivity index (χ3n) is 4.44. The number of nitrogens with one attached hydrogen (secondary N) is 1. The highest BCUT2D eigenvalue weighted by atomic mass is 32.2. The van der Waals surface area contributed by atoms with Crippen molar-refractivity contribution in [1.82, 2.24) is 4.31 Å². The summed E-state index contributed by atoms with van der Waals surface area (Å²) in [6.45, 7) is 4.26. The van der Waals surface area contributed by atoms with Gasteiger partial charge in [0.25, 0.3) is 5.91 Å². The molecule has 0 bridgehead atoms. The molecule has 7 nitrogen and oxygen atoms in total. The van der Waals surface area contributed by atoms with E-state index in [9.17, 15) is 13.2 Å². The fourth-order valence-electron chi connectivity index (χ4n) is 3.14. The van der Waals surface area contributed by atoms with Crippen LogP contribution in [0.25, 0.3) is 0 Å². The number of carbonyl (C=O) groups is 1. The van der Waals surface area contributed by atoms with Gasteiger partial charge in [-0.1, -0.05) is 12.1 Å². The molecule has 1 aliphatic rings. The third-order valence-corrected chi connectivity index (χ3v) is 6.28. The number of para-hydroxylation sites is 1. The zero-order valence-corrected chi connectivity index (χ0v) is 16.4. The highest BCUT2D eigenvalue weighted by Gasteiger charge is 2.32. The molecule has 1 N–H and O–H groups in total. The first-order chi connectivity index (χ1) is 13.3. The summed E-state index contributed by atoms with van der Waals surface area (Å²) in [5.74, 6) is -0.416. The molecule has 2 aromatic carbocycles. The number of hydrogen-bond acceptors (Lipinski definition) is 5. The van der Waals surface area contributed by atoms with E-state index in [1.807, 2.05) is 19.9 Å². The summed E-state index contributed by atoms with van der Waals surface area (Å²) < 4.78 is 32.7. The molecule has 0 saturated carbocycles. The Morgan fingerprint density at radius 2 is 1.71 bits per heavy atom. The van der Waals surface area contributed by atoms with Crippen LogP contribution in [-0.4, -0.2) is 43.9 Å². The minimum absolute atomic E-state index is 0.128. The lowest BCUT2D eigenvalue weighted by Crippen LogP contribution is -2.48. The van der Waals surface area contributed by atoms with Gasteiger partial charge in [0.15, 0.2) is 0 Å². The number of benzene rings is 2. The van der Waals surface area contributed by atoms with Gasteiger partial charge in [0, 0.05) is 18.7 Å². The van der Waals surface area contributed by atoms with Crippen LogP contribution >= 0.6 is 0 Å². The quantitative estimate of drug-likeness (QED) is 0.852. The normalized spacial score (nSPS) is 20.3. The summed E-state index contributed by atoms with van der Waals surface area (Å²) in [5, 5.41) is 11.8. The highest BCUT2D eigenvalue weighted by molar-refractivity contribution is 7.89. The molecule has 0 spiro atoms. The fourth-order valence-corrected chi connectivity index (χ4v) is 4.73. The summed E-state index contributed by atoms with van der Waals surface area (Å²) in [6, 6.07) is 14.5. The number of rotatable bonds is 4. The lowest BCUT2D eigenvalue weighted by molar-refractivity contribution is -0.0440. The van der Waals surface area contributed by atoms with Gasteiger partial charge in [-0.05, 0) is 50.2 Å². The summed E-state index contributed by atoms with van der Waals surface area (Å²) in [4.78, 5) is 12.6. The fraction of sp³-hybridized carbons (Fsp3) is 0.300. The minimum atomic E-state index is -3.66. The molecule has 2 aromatic rings. The molecule has 0 radical (unpaired) electrons. The van der Waals surface area contributed by atoms with Crippen LogP contribution in [-0.2, 0) is 14.8 Å². The zero-order chi connectivity index (χ0) is 20.3. The molecule has 1 fully saturated rings. The number of hydrogen-bond donors (Lipinski definition) is 1. The molecule has 1 saturated heterocycles. The Hall–Kier alpha value is -2.73. The molecule has 146 valence electrons. The van der Waals surface area contributed by atoms with Crippen molar-refractivity contribution in [2.24, 2.45) is 0 Å². The van der Waals surface area contributed by atoms with Crippen LogP contribution in [0.4, 0.5) is 5.69 Å². The Morgan fingerprint density at radius 3 is 2.32 bits per heavy atom. The van der Waals surface area contributed by atoms with Gasteiger partial charge in [-0.25, -0.2) is 8.42 Å². The van der Waals surface area contributed by atoms with E-state index >= 15 is 0 Å². The lowest BCUT2D eigenvalue weighted by atomic mass is 10.1. The molecule has 8 heteroatoms. The molecule has 0 unspecified atom stereocenters. The topological polar surface area (TPSA) is 99.5 Å². The van der Waals surface area contributed by atoms with Crippen molar-refractivity contribution >= 4 is 21.6 Å². The number of ether oxygens (including phenoxy) is 1. The van der Waals surface area contributed by atoms with Gasteiger partial charge in [-0.15, -0.1) is 0 Å². The van der Waals surface area contributed by atoms with E-state index in [0.717, 1.165) is 0 Å². The maximum atomic E-state index is 12.9. The van der Waals surface area contributed by atoms with E-state index < -0.39 is 15.9 Å². The highest BCUT2D eigenvalue weighted by Crippen LogP contribution is 2.22. The van der Waals surface area contributed by atoms with E-state index in [1.165, 1.54) is 28.6 Å². The summed E-state index contributed by atoms with van der Waals surface area (Å²) >= 11 is 0. The van der Waals surface area contributed by atoms with Crippen LogP contribution in [0.2, 0.25) is 0 Å². The monoisotopic (exact) mass is 399 g/mol. The Kier molecular flexibility index (Phi) is 5.79. The second kappa shape index (κ2) is 8.10. The van der Waals surface area contributed by atoms with Crippen molar-refractivity contribution in [2.75, 3.05) is 18.4 Å². The van der Waals surface area contributed by atoms with Crippen molar-refractivity contribution in [3.05, 3.63) is 59.7 Å². The van der Waals surface area contributed by atoms with E-state index in [0.29, 0.717) is 29.9 Å². The maximum Gasteiger partial charge on any atom is 0.255 e. The third kappa shape index (κ3) is 4.22. The summed E-state index contributed by atoms with van der Waals surface area (Å²) in [5.41, 5.74) is 1.06. The minimum Gasteiger partial charge on any atom is -0.373 e. The molecule has 1 aliphatic heterocycles. The number of nitrogens with zero attached hydrogens (tertiary/aromatic N) is 2. The number of sulfonamides is 1. The molecule has 1 heterocycles. The number of anilines is 1. The molecular formula is C20H21N3O4S. The molecule has 28 heavy (non-hydrogen) atoms. The Bertz CT molecular complexity index is 1000. The Labute approximate surface area is 164 Å². The average molecular weight is 399 g/mol. The van der Waals surface area contributed by atoms with Crippen molar-refractivity contribution in [1.29, 1.82) is 5.26 Å². The van der Waals surface area contributed by atoms with Crippen molar-refractivity contribution in [2.45, 2.75) is 31.0 Å². The van der Waals surface area contributed by atoms with Gasteiger partial charge in [-0.2, -0.15) is 9.57 Å². The maximum absolute atomic E-state index is 12.9. The molecular weight excluding hydrogens is 378 g/mol. The predicted octanol–water partition coefficient (Wildman–Crippen LogP) is 2.61. The van der Waals surface area contributed by atoms with Gasteiger partial charge < -0.3 is 10.1 Å². The first kappa shape index (κ1) is 20.0. The first-order valence-corrected chi connectivity index (χ1v) is 10.3. The number of amides is 1. The molecule has 2 atom stereocenters. The van der Waals surface area contributed by atoms with E-state index in [1.54, 1.807) is 24.3 Å². The summed E-state index contributed by atoms with van der Waals surface area (Å²) in [6.07, 6.45) is -0.354. The molecule has 3 rings (SSSR count). The molecule has 0 aliphatic carbocycles. The summed E-state index contributed by atoms with van der Waals surface area (Å²) in [7, 11) is -3.66. The standard InChI is InChI=1S/C20H21N3O4S/c1-14-12-23(13-15(2)27-14)28(25,26)18-9-7-16(8-10-18)20(24)22-19-6-4-3-5-17(19)11-21/h3-10,14-15H,12-13H2,1-2H3,(H,22,24)/t14-,15-/m0/s1. The van der Waals surface area contributed by atoms with Crippen LogP contribution in [0.15, 0.2) is 53.4 Å². The van der Waals surface area contributed by atoms with Gasteiger partial charge in [0.05, 0.1) is 28.4 Å².